The van der Waals surface area contributed by atoms with E-state index in [9.17, 15) is 4.79 Å². The van der Waals surface area contributed by atoms with Crippen molar-refractivity contribution in [3.63, 3.8) is 0 Å². The van der Waals surface area contributed by atoms with Gasteiger partial charge in [0.05, 0.1) is 18.7 Å². The number of aromatic nitrogens is 2. The fourth-order valence-corrected chi connectivity index (χ4v) is 4.10. The van der Waals surface area contributed by atoms with E-state index >= 15 is 0 Å². The highest BCUT2D eigenvalue weighted by molar-refractivity contribution is 5.75. The number of nitrogens with zero attached hydrogens (tertiary/aromatic N) is 3. The van der Waals surface area contributed by atoms with Crippen LogP contribution in [0.15, 0.2) is 22.6 Å². The third kappa shape index (κ3) is 3.56. The Hall–Kier alpha value is -2.41. The second-order valence-electron chi connectivity index (χ2n) is 7.81. The molecule has 1 aliphatic carbocycles. The second-order valence-corrected chi connectivity index (χ2v) is 7.81. The molecule has 1 aromatic carbocycles. The summed E-state index contributed by atoms with van der Waals surface area (Å²) in [4.78, 5) is 14.8. The van der Waals surface area contributed by atoms with Crippen LogP contribution in [-0.2, 0) is 11.2 Å². The van der Waals surface area contributed by atoms with Crippen molar-refractivity contribution >= 4 is 6.03 Å². The van der Waals surface area contributed by atoms with Gasteiger partial charge in [0.1, 0.15) is 0 Å². The predicted molar refractivity (Wildman–Crippen MR) is 99.2 cm³/mol. The number of hydrogen-bond acceptors (Lipinski definition) is 5. The summed E-state index contributed by atoms with van der Waals surface area (Å²) < 4.78 is 11.4. The fourth-order valence-electron chi connectivity index (χ4n) is 4.10. The van der Waals surface area contributed by atoms with Crippen molar-refractivity contribution in [3.05, 3.63) is 46.7 Å². The molecule has 2 aromatic rings. The normalized spacial score (nSPS) is 27.5. The van der Waals surface area contributed by atoms with Crippen LogP contribution in [-0.4, -0.2) is 40.3 Å². The van der Waals surface area contributed by atoms with Gasteiger partial charge in [-0.1, -0.05) is 30.7 Å². The van der Waals surface area contributed by atoms with E-state index in [-0.39, 0.29) is 18.2 Å². The highest BCUT2D eigenvalue weighted by Crippen LogP contribution is 2.36. The van der Waals surface area contributed by atoms with Crippen LogP contribution in [0, 0.1) is 19.8 Å². The van der Waals surface area contributed by atoms with Crippen LogP contribution in [0.2, 0.25) is 0 Å². The summed E-state index contributed by atoms with van der Waals surface area (Å²) in [6.07, 6.45) is 0.498. The van der Waals surface area contributed by atoms with Gasteiger partial charge in [-0.15, -0.1) is 10.2 Å². The maximum Gasteiger partial charge on any atom is 0.318 e. The number of ether oxygens (including phenoxy) is 1. The van der Waals surface area contributed by atoms with Crippen molar-refractivity contribution in [3.8, 4) is 0 Å². The molecule has 0 radical (unpaired) electrons. The number of benzene rings is 1. The topological polar surface area (TPSA) is 80.5 Å². The van der Waals surface area contributed by atoms with E-state index < -0.39 is 6.10 Å². The Bertz CT molecular complexity index is 850. The number of aryl methyl sites for hydroxylation is 2. The molecule has 1 aromatic heterocycles. The van der Waals surface area contributed by atoms with Crippen molar-refractivity contribution in [2.24, 2.45) is 5.92 Å². The first-order valence-corrected chi connectivity index (χ1v) is 9.51. The van der Waals surface area contributed by atoms with E-state index in [4.69, 9.17) is 9.15 Å². The van der Waals surface area contributed by atoms with Crippen molar-refractivity contribution in [2.75, 3.05) is 13.1 Å². The van der Waals surface area contributed by atoms with Crippen LogP contribution in [0.4, 0.5) is 4.79 Å². The molecule has 4 rings (SSSR count). The lowest BCUT2D eigenvalue weighted by Gasteiger charge is -2.36. The maximum atomic E-state index is 13.0. The molecule has 0 spiro atoms. The zero-order valence-corrected chi connectivity index (χ0v) is 16.2. The Balaban J connectivity index is 1.49. The van der Waals surface area contributed by atoms with Gasteiger partial charge in [0.15, 0.2) is 6.10 Å². The Morgan fingerprint density at radius 2 is 2.04 bits per heavy atom. The molecular formula is C20H26N4O3. The smallest absolute Gasteiger partial charge is 0.318 e. The van der Waals surface area contributed by atoms with E-state index in [2.05, 4.69) is 47.6 Å². The second kappa shape index (κ2) is 6.96. The maximum absolute atomic E-state index is 13.0. The number of amides is 2. The van der Waals surface area contributed by atoms with Gasteiger partial charge in [0.25, 0.3) is 0 Å². The molecule has 1 saturated heterocycles. The number of urea groups is 1. The lowest BCUT2D eigenvalue weighted by atomic mass is 10.0. The predicted octanol–water partition coefficient (Wildman–Crippen LogP) is 3.09. The molecule has 0 saturated carbocycles. The number of hydrogen-bond donors (Lipinski definition) is 1. The number of carbonyl (C=O) groups excluding carboxylic acids is 1. The first-order chi connectivity index (χ1) is 12.9. The molecule has 0 bridgehead atoms. The van der Waals surface area contributed by atoms with Crippen LogP contribution < -0.4 is 5.32 Å². The van der Waals surface area contributed by atoms with E-state index in [0.717, 1.165) is 6.42 Å². The number of nitrogens with one attached hydrogen (secondary N) is 1. The lowest BCUT2D eigenvalue weighted by Crippen LogP contribution is -2.50. The largest absolute Gasteiger partial charge is 0.423 e. The molecule has 7 heteroatoms. The SMILES string of the molecule is Cc1ccc2c(c1)[C@@H](NC(=O)N1C[C@@H](C)O[C@@H](c3nnc(C)o3)C1)[C@H](C)C2. The number of morpholine rings is 1. The zero-order chi connectivity index (χ0) is 19.1. The number of fused-ring (bicyclic) bond motifs is 1. The highest BCUT2D eigenvalue weighted by atomic mass is 16.5. The summed E-state index contributed by atoms with van der Waals surface area (Å²) in [6, 6.07) is 6.47. The molecule has 2 amide bonds. The Morgan fingerprint density at radius 1 is 1.22 bits per heavy atom. The van der Waals surface area contributed by atoms with Gasteiger partial charge in [-0.2, -0.15) is 0 Å². The standard InChI is InChI=1S/C20H26N4O3/c1-11-5-6-15-8-12(2)18(16(15)7-11)21-20(25)24-9-13(3)26-17(10-24)19-23-22-14(4)27-19/h5-7,12-13,17-18H,8-10H2,1-4H3,(H,21,25)/t12-,13-,17-,18+/m1/s1. The first kappa shape index (κ1) is 18.0. The van der Waals surface area contributed by atoms with Crippen molar-refractivity contribution in [2.45, 2.75) is 52.4 Å². The monoisotopic (exact) mass is 370 g/mol. The van der Waals surface area contributed by atoms with Crippen LogP contribution in [0.5, 0.6) is 0 Å². The Labute approximate surface area is 159 Å². The quantitative estimate of drug-likeness (QED) is 0.879. The minimum Gasteiger partial charge on any atom is -0.423 e. The van der Waals surface area contributed by atoms with E-state index in [1.54, 1.807) is 11.8 Å². The van der Waals surface area contributed by atoms with Crippen LogP contribution in [0.25, 0.3) is 0 Å². The van der Waals surface area contributed by atoms with Gasteiger partial charge < -0.3 is 19.4 Å². The molecule has 2 aliphatic rings. The van der Waals surface area contributed by atoms with Crippen LogP contribution in [0.3, 0.4) is 0 Å². The highest BCUT2D eigenvalue weighted by Gasteiger charge is 2.36. The first-order valence-electron chi connectivity index (χ1n) is 9.51. The fraction of sp³-hybridized carbons (Fsp3) is 0.550. The number of rotatable bonds is 2. The summed E-state index contributed by atoms with van der Waals surface area (Å²) in [5.74, 6) is 1.29. The molecule has 144 valence electrons. The summed E-state index contributed by atoms with van der Waals surface area (Å²) in [6.45, 7) is 8.91. The van der Waals surface area contributed by atoms with Gasteiger partial charge in [0, 0.05) is 13.5 Å². The minimum absolute atomic E-state index is 0.0367. The third-order valence-electron chi connectivity index (χ3n) is 5.39. The van der Waals surface area contributed by atoms with Crippen molar-refractivity contribution in [1.29, 1.82) is 0 Å². The molecular weight excluding hydrogens is 344 g/mol. The lowest BCUT2D eigenvalue weighted by molar-refractivity contribution is -0.0770. The van der Waals surface area contributed by atoms with E-state index in [1.165, 1.54) is 16.7 Å². The van der Waals surface area contributed by atoms with Gasteiger partial charge in [-0.25, -0.2) is 4.79 Å². The molecule has 0 unspecified atom stereocenters. The van der Waals surface area contributed by atoms with Crippen molar-refractivity contribution in [1.82, 2.24) is 20.4 Å². The minimum atomic E-state index is -0.392. The molecule has 4 atom stereocenters. The van der Waals surface area contributed by atoms with Gasteiger partial charge in [-0.3, -0.25) is 0 Å². The Kier molecular flexibility index (Phi) is 4.63. The Morgan fingerprint density at radius 3 is 2.78 bits per heavy atom. The van der Waals surface area contributed by atoms with Crippen molar-refractivity contribution < 1.29 is 13.9 Å². The molecule has 27 heavy (non-hydrogen) atoms. The third-order valence-corrected chi connectivity index (χ3v) is 5.39. The molecule has 7 nitrogen and oxygen atoms in total. The summed E-state index contributed by atoms with van der Waals surface area (Å²) in [5.41, 5.74) is 3.78. The number of carbonyl (C=O) groups is 1. The average Bonchev–Trinajstić information content (AvgIpc) is 3.18. The van der Waals surface area contributed by atoms with Crippen LogP contribution in [0.1, 0.15) is 54.5 Å². The van der Waals surface area contributed by atoms with Gasteiger partial charge in [0.2, 0.25) is 11.8 Å². The van der Waals surface area contributed by atoms with Gasteiger partial charge >= 0.3 is 6.03 Å². The summed E-state index contributed by atoms with van der Waals surface area (Å²) in [7, 11) is 0. The molecule has 1 N–H and O–H groups in total. The van der Waals surface area contributed by atoms with Gasteiger partial charge in [-0.05, 0) is 37.3 Å². The molecule has 1 fully saturated rings. The van der Waals surface area contributed by atoms with E-state index in [0.29, 0.717) is 30.8 Å². The summed E-state index contributed by atoms with van der Waals surface area (Å²) in [5, 5.41) is 11.2. The zero-order valence-electron chi connectivity index (χ0n) is 16.2. The average molecular weight is 370 g/mol. The molecule has 2 heterocycles. The summed E-state index contributed by atoms with van der Waals surface area (Å²) >= 11 is 0. The molecule has 1 aliphatic heterocycles. The van der Waals surface area contributed by atoms with Crippen LogP contribution >= 0.6 is 0 Å². The van der Waals surface area contributed by atoms with E-state index in [1.807, 2.05) is 6.92 Å².